The Bertz CT molecular complexity index is 1730. The van der Waals surface area contributed by atoms with E-state index in [2.05, 4.69) is 20.6 Å². The number of carbonyl (C=O) groups is 2. The highest BCUT2D eigenvalue weighted by Gasteiger charge is 2.55. The number of halogens is 1. The summed E-state index contributed by atoms with van der Waals surface area (Å²) in [5.41, 5.74) is 1.90. The summed E-state index contributed by atoms with van der Waals surface area (Å²) in [5, 5.41) is 7.01. The third kappa shape index (κ3) is 5.32. The van der Waals surface area contributed by atoms with Crippen molar-refractivity contribution in [3.05, 3.63) is 78.0 Å². The minimum Gasteiger partial charge on any atom is -0.488 e. The number of carbonyl (C=O) groups excluding carboxylic acids is 2. The summed E-state index contributed by atoms with van der Waals surface area (Å²) in [6.45, 7) is 5.08. The van der Waals surface area contributed by atoms with Crippen LogP contribution in [0.1, 0.15) is 47.2 Å². The van der Waals surface area contributed by atoms with E-state index in [1.807, 2.05) is 25.1 Å². The molecule has 3 aliphatic rings. The number of hydrogen-bond donors (Lipinski definition) is 2. The zero-order valence-electron chi connectivity index (χ0n) is 24.4. The van der Waals surface area contributed by atoms with E-state index in [4.69, 9.17) is 14.5 Å². The van der Waals surface area contributed by atoms with Crippen molar-refractivity contribution < 1.29 is 23.5 Å². The first-order valence-corrected chi connectivity index (χ1v) is 15.0. The van der Waals surface area contributed by atoms with Crippen molar-refractivity contribution in [2.45, 2.75) is 38.3 Å². The molecule has 1 aromatic carbocycles. The van der Waals surface area contributed by atoms with Gasteiger partial charge in [0.25, 0.3) is 11.8 Å². The summed E-state index contributed by atoms with van der Waals surface area (Å²) < 4.78 is 26.3. The molecule has 2 N–H and O–H groups in total. The smallest absolute Gasteiger partial charge is 0.274 e. The monoisotopic (exact) mass is 596 g/mol. The highest BCUT2D eigenvalue weighted by Crippen LogP contribution is 2.50. The van der Waals surface area contributed by atoms with Gasteiger partial charge in [-0.25, -0.2) is 19.3 Å². The maximum absolute atomic E-state index is 14.2. The van der Waals surface area contributed by atoms with Crippen LogP contribution < -0.4 is 20.1 Å². The third-order valence-corrected chi connectivity index (χ3v) is 8.64. The summed E-state index contributed by atoms with van der Waals surface area (Å²) in [7, 11) is 0. The van der Waals surface area contributed by atoms with Crippen molar-refractivity contribution in [3.63, 3.8) is 0 Å². The lowest BCUT2D eigenvalue weighted by atomic mass is 9.61. The normalized spacial score (nSPS) is 19.0. The number of aromatic nitrogens is 3. The van der Waals surface area contributed by atoms with Crippen molar-refractivity contribution in [2.24, 2.45) is 5.41 Å². The highest BCUT2D eigenvalue weighted by atomic mass is 19.1. The molecule has 44 heavy (non-hydrogen) atoms. The highest BCUT2D eigenvalue weighted by molar-refractivity contribution is 5.96. The Morgan fingerprint density at radius 3 is 2.75 bits per heavy atom. The van der Waals surface area contributed by atoms with Gasteiger partial charge in [0, 0.05) is 42.7 Å². The minimum atomic E-state index is -0.443. The second-order valence-corrected chi connectivity index (χ2v) is 11.8. The van der Waals surface area contributed by atoms with Crippen LogP contribution in [0.3, 0.4) is 0 Å². The summed E-state index contributed by atoms with van der Waals surface area (Å²) in [6, 6.07) is 15.4. The molecule has 10 nitrogen and oxygen atoms in total. The van der Waals surface area contributed by atoms with Crippen LogP contribution in [0.15, 0.2) is 60.8 Å². The summed E-state index contributed by atoms with van der Waals surface area (Å²) >= 11 is 0. The number of fused-ring (bicyclic) bond motifs is 1. The lowest BCUT2D eigenvalue weighted by Gasteiger charge is -2.58. The minimum absolute atomic E-state index is 0.0252. The molecule has 0 radical (unpaired) electrons. The lowest BCUT2D eigenvalue weighted by Crippen LogP contribution is -2.65. The Balaban J connectivity index is 1.04. The summed E-state index contributed by atoms with van der Waals surface area (Å²) in [4.78, 5) is 41.7. The number of likely N-dealkylation sites (tertiary alicyclic amines) is 1. The number of pyridine rings is 3. The number of ether oxygens (including phenoxy) is 2. The molecule has 2 aliphatic heterocycles. The summed E-state index contributed by atoms with van der Waals surface area (Å²) in [5.74, 6) is -0.0507. The SMILES string of the molecule is CCOc1ncccc1-c1ccc(OC2CC3(C2)CN(C(=O)c2ccc4cccc(F)c4n2)C3)c(C(=O)N[C@@H]2CCNC2)n1. The van der Waals surface area contributed by atoms with Crippen LogP contribution >= 0.6 is 0 Å². The summed E-state index contributed by atoms with van der Waals surface area (Å²) in [6.07, 6.45) is 3.91. The average molecular weight is 597 g/mol. The van der Waals surface area contributed by atoms with Crippen LogP contribution in [0.5, 0.6) is 11.6 Å². The standard InChI is InChI=1S/C33H33FN6O4/c1-2-43-31-23(6-4-13-36-31)25-10-11-27(29(38-25)30(41)37-21-12-14-35-17-21)44-22-15-33(16-22)18-40(19-33)32(42)26-9-8-20-5-3-7-24(34)28(20)39-26/h3-11,13,21-22,35H,2,12,14-19H2,1H3,(H,37,41)/t21-/m1/s1. The van der Waals surface area contributed by atoms with Gasteiger partial charge < -0.3 is 25.0 Å². The van der Waals surface area contributed by atoms with E-state index in [9.17, 15) is 14.0 Å². The maximum Gasteiger partial charge on any atom is 0.274 e. The van der Waals surface area contributed by atoms with E-state index in [1.165, 1.54) is 6.07 Å². The molecule has 3 fully saturated rings. The zero-order valence-corrected chi connectivity index (χ0v) is 24.4. The molecule has 5 heterocycles. The van der Waals surface area contributed by atoms with Gasteiger partial charge in [0.2, 0.25) is 5.88 Å². The van der Waals surface area contributed by atoms with E-state index >= 15 is 0 Å². The molecule has 1 aliphatic carbocycles. The molecule has 4 aromatic rings. The fourth-order valence-electron chi connectivity index (χ4n) is 6.45. The second-order valence-electron chi connectivity index (χ2n) is 11.8. The molecule has 1 saturated carbocycles. The van der Waals surface area contributed by atoms with E-state index in [0.717, 1.165) is 25.8 Å². The quantitative estimate of drug-likeness (QED) is 0.313. The number of nitrogens with zero attached hydrogens (tertiary/aromatic N) is 4. The first kappa shape index (κ1) is 28.1. The van der Waals surface area contributed by atoms with Gasteiger partial charge in [-0.05, 0) is 69.1 Å². The Hall–Kier alpha value is -4.64. The number of para-hydroxylation sites is 1. The number of rotatable bonds is 8. The van der Waals surface area contributed by atoms with Crippen LogP contribution in [0, 0.1) is 11.2 Å². The van der Waals surface area contributed by atoms with Crippen LogP contribution in [-0.2, 0) is 0 Å². The maximum atomic E-state index is 14.2. The lowest BCUT2D eigenvalue weighted by molar-refractivity contribution is -0.103. The average Bonchev–Trinajstić information content (AvgIpc) is 3.51. The molecule has 1 atom stereocenters. The molecule has 1 spiro atoms. The first-order valence-electron chi connectivity index (χ1n) is 15.0. The Morgan fingerprint density at radius 2 is 1.95 bits per heavy atom. The molecule has 7 rings (SSSR count). The molecule has 2 amide bonds. The van der Waals surface area contributed by atoms with Gasteiger partial charge in [0.05, 0.1) is 17.9 Å². The fraction of sp³-hybridized carbons (Fsp3) is 0.364. The van der Waals surface area contributed by atoms with E-state index < -0.39 is 5.82 Å². The first-order chi connectivity index (χ1) is 21.4. The third-order valence-electron chi connectivity index (χ3n) is 8.64. The largest absolute Gasteiger partial charge is 0.488 e. The van der Waals surface area contributed by atoms with Gasteiger partial charge in [0.15, 0.2) is 11.4 Å². The number of hydrogen-bond acceptors (Lipinski definition) is 8. The van der Waals surface area contributed by atoms with Gasteiger partial charge in [-0.3, -0.25) is 9.59 Å². The number of amides is 2. The molecule has 2 saturated heterocycles. The number of nitrogens with one attached hydrogen (secondary N) is 2. The van der Waals surface area contributed by atoms with Crippen LogP contribution in [0.25, 0.3) is 22.2 Å². The number of benzene rings is 1. The molecular weight excluding hydrogens is 563 g/mol. The predicted molar refractivity (Wildman–Crippen MR) is 161 cm³/mol. The van der Waals surface area contributed by atoms with E-state index in [1.54, 1.807) is 41.4 Å². The Morgan fingerprint density at radius 1 is 1.09 bits per heavy atom. The molecule has 0 unspecified atom stereocenters. The predicted octanol–water partition coefficient (Wildman–Crippen LogP) is 4.00. The van der Waals surface area contributed by atoms with Gasteiger partial charge in [0.1, 0.15) is 23.1 Å². The van der Waals surface area contributed by atoms with Crippen LogP contribution in [0.2, 0.25) is 0 Å². The van der Waals surface area contributed by atoms with Gasteiger partial charge >= 0.3 is 0 Å². The molecular formula is C33H33FN6O4. The Labute approximate surface area is 254 Å². The zero-order chi connectivity index (χ0) is 30.3. The van der Waals surface area contributed by atoms with Crippen LogP contribution in [-0.4, -0.2) is 76.6 Å². The Kier molecular flexibility index (Phi) is 7.33. The van der Waals surface area contributed by atoms with Gasteiger partial charge in [-0.2, -0.15) is 0 Å². The molecule has 11 heteroatoms. The van der Waals surface area contributed by atoms with Crippen molar-refractivity contribution in [1.82, 2.24) is 30.5 Å². The van der Waals surface area contributed by atoms with Crippen molar-refractivity contribution in [2.75, 3.05) is 32.8 Å². The van der Waals surface area contributed by atoms with Gasteiger partial charge in [-0.1, -0.05) is 18.2 Å². The van der Waals surface area contributed by atoms with Crippen LogP contribution in [0.4, 0.5) is 4.39 Å². The van der Waals surface area contributed by atoms with Gasteiger partial charge in [-0.15, -0.1) is 0 Å². The molecule has 226 valence electrons. The van der Waals surface area contributed by atoms with Crippen molar-refractivity contribution >= 4 is 22.7 Å². The van der Waals surface area contributed by atoms with Crippen molar-refractivity contribution in [1.29, 1.82) is 0 Å². The fourth-order valence-corrected chi connectivity index (χ4v) is 6.45. The topological polar surface area (TPSA) is 119 Å². The van der Waals surface area contributed by atoms with Crippen molar-refractivity contribution in [3.8, 4) is 22.9 Å². The van der Waals surface area contributed by atoms with E-state index in [0.29, 0.717) is 54.5 Å². The second kappa shape index (κ2) is 11.5. The molecule has 3 aromatic heterocycles. The van der Waals surface area contributed by atoms with E-state index in [-0.39, 0.29) is 46.3 Å². The molecule has 0 bridgehead atoms.